The number of halogens is 4. The van der Waals surface area contributed by atoms with Gasteiger partial charge in [-0.25, -0.2) is 0 Å². The minimum atomic E-state index is -4.24. The minimum absolute atomic E-state index is 0.109. The molecule has 0 bridgehead atoms. The Labute approximate surface area is 140 Å². The number of nitro benzene ring substituents is 1. The van der Waals surface area contributed by atoms with Gasteiger partial charge >= 0.3 is 6.18 Å². The SMILES string of the molecule is O=[N+]([O-])c1cc([C@H](CCC(F)(F)F)N2CCNCC2)ccc1Br. The van der Waals surface area contributed by atoms with E-state index in [0.717, 1.165) is 0 Å². The molecule has 0 spiro atoms. The summed E-state index contributed by atoms with van der Waals surface area (Å²) >= 11 is 3.10. The fourth-order valence-corrected chi connectivity index (χ4v) is 3.12. The first-order chi connectivity index (χ1) is 10.8. The molecule has 1 saturated heterocycles. The molecule has 9 heteroatoms. The Hall–Kier alpha value is -1.19. The highest BCUT2D eigenvalue weighted by Crippen LogP contribution is 2.35. The van der Waals surface area contributed by atoms with Gasteiger partial charge in [0, 0.05) is 44.7 Å². The van der Waals surface area contributed by atoms with Crippen molar-refractivity contribution in [2.24, 2.45) is 0 Å². The van der Waals surface area contributed by atoms with E-state index in [9.17, 15) is 23.3 Å². The van der Waals surface area contributed by atoms with Gasteiger partial charge in [0.1, 0.15) is 0 Å². The molecule has 0 radical (unpaired) electrons. The first-order valence-corrected chi connectivity index (χ1v) is 8.02. The smallest absolute Gasteiger partial charge is 0.314 e. The van der Waals surface area contributed by atoms with Crippen molar-refractivity contribution in [2.45, 2.75) is 25.1 Å². The average Bonchev–Trinajstić information content (AvgIpc) is 2.48. The molecule has 0 amide bonds. The van der Waals surface area contributed by atoms with Gasteiger partial charge in [-0.15, -0.1) is 0 Å². The van der Waals surface area contributed by atoms with E-state index in [1.165, 1.54) is 12.1 Å². The van der Waals surface area contributed by atoms with Crippen LogP contribution in [0, 0.1) is 10.1 Å². The molecule has 0 aromatic heterocycles. The molecule has 1 atom stereocenters. The van der Waals surface area contributed by atoms with Gasteiger partial charge in [0.25, 0.3) is 5.69 Å². The first kappa shape index (κ1) is 18.2. The predicted octanol–water partition coefficient (Wildman–Crippen LogP) is 3.65. The molecule has 1 aliphatic rings. The molecular weight excluding hydrogens is 379 g/mol. The van der Waals surface area contributed by atoms with Crippen LogP contribution in [0.1, 0.15) is 24.4 Å². The third kappa shape index (κ3) is 5.15. The number of rotatable bonds is 5. The summed E-state index contributed by atoms with van der Waals surface area (Å²) in [5.41, 5.74) is 0.417. The van der Waals surface area contributed by atoms with Crippen LogP contribution in [0.25, 0.3) is 0 Å². The van der Waals surface area contributed by atoms with Gasteiger partial charge in [0.15, 0.2) is 0 Å². The topological polar surface area (TPSA) is 58.4 Å². The summed E-state index contributed by atoms with van der Waals surface area (Å²) in [7, 11) is 0. The Morgan fingerprint density at radius 1 is 1.35 bits per heavy atom. The zero-order valence-corrected chi connectivity index (χ0v) is 13.9. The fraction of sp³-hybridized carbons (Fsp3) is 0.571. The first-order valence-electron chi connectivity index (χ1n) is 7.23. The minimum Gasteiger partial charge on any atom is -0.314 e. The number of hydrogen-bond donors (Lipinski definition) is 1. The van der Waals surface area contributed by atoms with Crippen LogP contribution < -0.4 is 5.32 Å². The molecule has 128 valence electrons. The van der Waals surface area contributed by atoms with E-state index < -0.39 is 23.6 Å². The molecule has 1 N–H and O–H groups in total. The standard InChI is InChI=1S/C14H17BrF3N3O2/c15-11-2-1-10(9-13(11)21(22)23)12(3-4-14(16,17)18)20-7-5-19-6-8-20/h1-2,9,12,19H,3-8H2/t12-/m0/s1. The largest absolute Gasteiger partial charge is 0.389 e. The molecule has 0 unspecified atom stereocenters. The fourth-order valence-electron chi connectivity index (χ4n) is 2.73. The zero-order valence-electron chi connectivity index (χ0n) is 12.3. The van der Waals surface area contributed by atoms with E-state index >= 15 is 0 Å². The lowest BCUT2D eigenvalue weighted by molar-refractivity contribution is -0.385. The molecule has 1 aromatic carbocycles. The highest BCUT2D eigenvalue weighted by atomic mass is 79.9. The second-order valence-corrected chi connectivity index (χ2v) is 6.28. The summed E-state index contributed by atoms with van der Waals surface area (Å²) < 4.78 is 38.2. The van der Waals surface area contributed by atoms with E-state index in [1.807, 2.05) is 4.90 Å². The van der Waals surface area contributed by atoms with E-state index in [0.29, 0.717) is 36.2 Å². The van der Waals surface area contributed by atoms with E-state index in [-0.39, 0.29) is 12.1 Å². The van der Waals surface area contributed by atoms with Crippen molar-refractivity contribution in [1.29, 1.82) is 0 Å². The number of nitro groups is 1. The normalized spacial score (nSPS) is 17.9. The molecule has 0 aliphatic carbocycles. The molecule has 23 heavy (non-hydrogen) atoms. The summed E-state index contributed by atoms with van der Waals surface area (Å²) in [6.07, 6.45) is -5.26. The molecule has 1 aliphatic heterocycles. The van der Waals surface area contributed by atoms with Gasteiger partial charge in [-0.3, -0.25) is 15.0 Å². The lowest BCUT2D eigenvalue weighted by Gasteiger charge is -2.35. The number of benzene rings is 1. The van der Waals surface area contributed by atoms with Gasteiger partial charge in [0.2, 0.25) is 0 Å². The van der Waals surface area contributed by atoms with Crippen molar-refractivity contribution >= 4 is 21.6 Å². The highest BCUT2D eigenvalue weighted by Gasteiger charge is 2.32. The Bertz CT molecular complexity index is 563. The molecule has 5 nitrogen and oxygen atoms in total. The number of alkyl halides is 3. The van der Waals surface area contributed by atoms with E-state index in [4.69, 9.17) is 0 Å². The highest BCUT2D eigenvalue weighted by molar-refractivity contribution is 9.10. The Morgan fingerprint density at radius 2 is 2.00 bits per heavy atom. The van der Waals surface area contributed by atoms with Gasteiger partial charge < -0.3 is 5.32 Å². The van der Waals surface area contributed by atoms with Gasteiger partial charge in [0.05, 0.1) is 9.40 Å². The van der Waals surface area contributed by atoms with Crippen LogP contribution in [0.3, 0.4) is 0 Å². The summed E-state index contributed by atoms with van der Waals surface area (Å²) in [4.78, 5) is 12.5. The average molecular weight is 396 g/mol. The summed E-state index contributed by atoms with van der Waals surface area (Å²) in [6.45, 7) is 2.63. The Morgan fingerprint density at radius 3 is 2.57 bits per heavy atom. The summed E-state index contributed by atoms with van der Waals surface area (Å²) in [6, 6.07) is 4.06. The van der Waals surface area contributed by atoms with Gasteiger partial charge in [-0.05, 0) is 34.0 Å². The number of nitrogens with one attached hydrogen (secondary N) is 1. The quantitative estimate of drug-likeness (QED) is 0.610. The van der Waals surface area contributed by atoms with Crippen LogP contribution in [-0.2, 0) is 0 Å². The van der Waals surface area contributed by atoms with Crippen LogP contribution >= 0.6 is 15.9 Å². The summed E-state index contributed by atoms with van der Waals surface area (Å²) in [5.74, 6) is 0. The number of piperazine rings is 1. The van der Waals surface area contributed by atoms with Crippen molar-refractivity contribution in [1.82, 2.24) is 10.2 Å². The van der Waals surface area contributed by atoms with Crippen molar-refractivity contribution in [2.75, 3.05) is 26.2 Å². The third-order valence-electron chi connectivity index (χ3n) is 3.85. The van der Waals surface area contributed by atoms with Crippen molar-refractivity contribution in [3.63, 3.8) is 0 Å². The lowest BCUT2D eigenvalue weighted by Crippen LogP contribution is -2.45. The van der Waals surface area contributed by atoms with Crippen molar-refractivity contribution in [3.8, 4) is 0 Å². The predicted molar refractivity (Wildman–Crippen MR) is 83.3 cm³/mol. The number of nitrogens with zero attached hydrogens (tertiary/aromatic N) is 2. The monoisotopic (exact) mass is 395 g/mol. The summed E-state index contributed by atoms with van der Waals surface area (Å²) in [5, 5.41) is 14.2. The van der Waals surface area contributed by atoms with Crippen molar-refractivity contribution in [3.05, 3.63) is 38.3 Å². The van der Waals surface area contributed by atoms with E-state index in [1.54, 1.807) is 6.07 Å². The third-order valence-corrected chi connectivity index (χ3v) is 4.52. The second kappa shape index (κ2) is 7.59. The van der Waals surface area contributed by atoms with Crippen LogP contribution in [-0.4, -0.2) is 42.2 Å². The molecule has 2 rings (SSSR count). The van der Waals surface area contributed by atoms with Crippen molar-refractivity contribution < 1.29 is 18.1 Å². The van der Waals surface area contributed by atoms with Crippen LogP contribution in [0.2, 0.25) is 0 Å². The molecular formula is C14H17BrF3N3O2. The molecule has 1 fully saturated rings. The van der Waals surface area contributed by atoms with Gasteiger partial charge in [-0.2, -0.15) is 13.2 Å². The maximum atomic E-state index is 12.6. The van der Waals surface area contributed by atoms with E-state index in [2.05, 4.69) is 21.2 Å². The molecule has 1 aromatic rings. The second-order valence-electron chi connectivity index (χ2n) is 5.42. The van der Waals surface area contributed by atoms with Crippen LogP contribution in [0.4, 0.5) is 18.9 Å². The maximum Gasteiger partial charge on any atom is 0.389 e. The Balaban J connectivity index is 2.28. The zero-order chi connectivity index (χ0) is 17.0. The van der Waals surface area contributed by atoms with Crippen LogP contribution in [0.5, 0.6) is 0 Å². The lowest BCUT2D eigenvalue weighted by atomic mass is 9.98. The van der Waals surface area contributed by atoms with Crippen LogP contribution in [0.15, 0.2) is 22.7 Å². The number of hydrogen-bond acceptors (Lipinski definition) is 4. The molecule has 1 heterocycles. The Kier molecular flexibility index (Phi) is 5.99. The van der Waals surface area contributed by atoms with Gasteiger partial charge in [-0.1, -0.05) is 6.07 Å². The molecule has 0 saturated carbocycles. The maximum absolute atomic E-state index is 12.6.